The Morgan fingerprint density at radius 1 is 0.971 bits per heavy atom. The highest BCUT2D eigenvalue weighted by Crippen LogP contribution is 2.30. The maximum absolute atomic E-state index is 5.04. The van der Waals surface area contributed by atoms with Gasteiger partial charge in [-0.2, -0.15) is 5.21 Å². The molecule has 1 atom stereocenters. The van der Waals surface area contributed by atoms with Crippen molar-refractivity contribution >= 4 is 11.5 Å². The fourth-order valence-corrected chi connectivity index (χ4v) is 4.29. The van der Waals surface area contributed by atoms with Crippen LogP contribution in [0.1, 0.15) is 38.8 Å². The minimum absolute atomic E-state index is 0.0116. The number of aromatic amines is 1. The van der Waals surface area contributed by atoms with Crippen LogP contribution in [0.15, 0.2) is 83.8 Å². The van der Waals surface area contributed by atoms with Crippen LogP contribution in [0.3, 0.4) is 0 Å². The van der Waals surface area contributed by atoms with Crippen molar-refractivity contribution < 1.29 is 0 Å². The van der Waals surface area contributed by atoms with E-state index in [2.05, 4.69) is 62.7 Å². The first-order valence-electron chi connectivity index (χ1n) is 12.0. The summed E-state index contributed by atoms with van der Waals surface area (Å²) in [5.41, 5.74) is 6.30. The number of nitrogens with one attached hydrogen (secondary N) is 1. The summed E-state index contributed by atoms with van der Waals surface area (Å²) in [5, 5.41) is 14.5. The number of H-pyrrole nitrogens is 1. The lowest BCUT2D eigenvalue weighted by Gasteiger charge is -2.30. The molecule has 0 saturated heterocycles. The molecule has 1 aromatic carbocycles. The number of rotatable bonds is 8. The van der Waals surface area contributed by atoms with E-state index in [1.54, 1.807) is 0 Å². The Morgan fingerprint density at radius 3 is 2.54 bits per heavy atom. The fraction of sp³-hybridized carbons (Fsp3) is 0.259. The molecule has 0 saturated carbocycles. The molecule has 4 aromatic rings. The molecule has 1 aliphatic rings. The maximum Gasteiger partial charge on any atom is 0.205 e. The molecule has 0 amide bonds. The average Bonchev–Trinajstić information content (AvgIpc) is 3.45. The topological polar surface area (TPSA) is 95.8 Å². The second kappa shape index (κ2) is 10.4. The summed E-state index contributed by atoms with van der Waals surface area (Å²) in [6, 6.07) is 18.2. The van der Waals surface area contributed by atoms with Gasteiger partial charge in [-0.1, -0.05) is 49.7 Å². The highest BCUT2D eigenvalue weighted by molar-refractivity contribution is 6.01. The second-order valence-electron chi connectivity index (χ2n) is 8.56. The molecule has 0 radical (unpaired) electrons. The molecule has 1 N–H and O–H groups in total. The van der Waals surface area contributed by atoms with Crippen molar-refractivity contribution in [3.63, 3.8) is 0 Å². The van der Waals surface area contributed by atoms with E-state index in [4.69, 9.17) is 9.98 Å². The SMILES string of the molecule is CCCCC1=NC(C)N(c2ccccn2)C=C1Cc1ccc(-c2ccccc2-c2nn[nH]n2)cn1. The quantitative estimate of drug-likeness (QED) is 0.383. The standard InChI is InChI=1S/C27H28N8/c1-3-4-11-25-21(18-35(19(2)30-25)26-12-7-8-15-28-26)16-22-14-13-20(17-29-22)23-9-5-6-10-24(23)27-31-33-34-32-27/h5-10,12-15,17-19H,3-4,11,16H2,1-2H3,(H,31,32,33,34). The summed E-state index contributed by atoms with van der Waals surface area (Å²) < 4.78 is 0. The lowest BCUT2D eigenvalue weighted by molar-refractivity contribution is 0.711. The number of hydrogen-bond donors (Lipinski definition) is 1. The lowest BCUT2D eigenvalue weighted by Crippen LogP contribution is -2.33. The number of anilines is 1. The van der Waals surface area contributed by atoms with E-state index in [9.17, 15) is 0 Å². The van der Waals surface area contributed by atoms with E-state index >= 15 is 0 Å². The van der Waals surface area contributed by atoms with E-state index < -0.39 is 0 Å². The van der Waals surface area contributed by atoms with Crippen molar-refractivity contribution in [2.45, 2.75) is 45.7 Å². The third-order valence-electron chi connectivity index (χ3n) is 6.11. The van der Waals surface area contributed by atoms with Crippen LogP contribution in [0.25, 0.3) is 22.5 Å². The summed E-state index contributed by atoms with van der Waals surface area (Å²) in [5.74, 6) is 1.47. The molecule has 8 heteroatoms. The molecule has 35 heavy (non-hydrogen) atoms. The van der Waals surface area contributed by atoms with Crippen LogP contribution < -0.4 is 4.90 Å². The van der Waals surface area contributed by atoms with Crippen LogP contribution in [0.2, 0.25) is 0 Å². The molecule has 4 heterocycles. The summed E-state index contributed by atoms with van der Waals surface area (Å²) in [4.78, 5) is 16.5. The molecule has 0 spiro atoms. The van der Waals surface area contributed by atoms with Crippen molar-refractivity contribution in [3.8, 4) is 22.5 Å². The van der Waals surface area contributed by atoms with Gasteiger partial charge >= 0.3 is 0 Å². The number of benzene rings is 1. The molecular formula is C27H28N8. The van der Waals surface area contributed by atoms with Crippen LogP contribution in [0.5, 0.6) is 0 Å². The monoisotopic (exact) mass is 464 g/mol. The summed E-state index contributed by atoms with van der Waals surface area (Å²) in [7, 11) is 0. The van der Waals surface area contributed by atoms with E-state index in [1.807, 2.05) is 54.9 Å². The molecule has 8 nitrogen and oxygen atoms in total. The fourth-order valence-electron chi connectivity index (χ4n) is 4.29. The van der Waals surface area contributed by atoms with E-state index in [0.29, 0.717) is 12.2 Å². The lowest BCUT2D eigenvalue weighted by atomic mass is 9.97. The van der Waals surface area contributed by atoms with Gasteiger partial charge in [-0.15, -0.1) is 10.2 Å². The van der Waals surface area contributed by atoms with Crippen LogP contribution in [0, 0.1) is 0 Å². The zero-order chi connectivity index (χ0) is 24.0. The molecule has 5 rings (SSSR count). The van der Waals surface area contributed by atoms with Crippen LogP contribution >= 0.6 is 0 Å². The first kappa shape index (κ1) is 22.6. The van der Waals surface area contributed by atoms with Crippen LogP contribution in [-0.4, -0.2) is 42.5 Å². The normalized spacial score (nSPS) is 15.6. The minimum Gasteiger partial charge on any atom is -0.310 e. The van der Waals surface area contributed by atoms with Gasteiger partial charge < -0.3 is 4.90 Å². The summed E-state index contributed by atoms with van der Waals surface area (Å²) >= 11 is 0. The molecule has 1 unspecified atom stereocenters. The number of hydrogen-bond acceptors (Lipinski definition) is 7. The van der Waals surface area contributed by atoms with Gasteiger partial charge in [0.1, 0.15) is 12.0 Å². The Labute approximate surface area is 204 Å². The second-order valence-corrected chi connectivity index (χ2v) is 8.56. The average molecular weight is 465 g/mol. The van der Waals surface area contributed by atoms with Gasteiger partial charge in [-0.3, -0.25) is 9.98 Å². The van der Waals surface area contributed by atoms with Crippen molar-refractivity contribution in [2.24, 2.45) is 4.99 Å². The van der Waals surface area contributed by atoms with Crippen molar-refractivity contribution in [2.75, 3.05) is 4.90 Å². The van der Waals surface area contributed by atoms with E-state index in [1.165, 1.54) is 11.3 Å². The van der Waals surface area contributed by atoms with Gasteiger partial charge in [-0.25, -0.2) is 4.98 Å². The Kier molecular flexibility index (Phi) is 6.70. The number of pyridine rings is 2. The summed E-state index contributed by atoms with van der Waals surface area (Å²) in [6.07, 6.45) is 9.88. The highest BCUT2D eigenvalue weighted by Gasteiger charge is 2.22. The molecule has 176 valence electrons. The zero-order valence-corrected chi connectivity index (χ0v) is 20.0. The van der Waals surface area contributed by atoms with Crippen molar-refractivity contribution in [3.05, 3.63) is 84.5 Å². The summed E-state index contributed by atoms with van der Waals surface area (Å²) in [6.45, 7) is 4.32. The Balaban J connectivity index is 1.42. The number of tetrazole rings is 1. The van der Waals surface area contributed by atoms with Crippen LogP contribution in [0.4, 0.5) is 5.82 Å². The Morgan fingerprint density at radius 2 is 1.83 bits per heavy atom. The van der Waals surface area contributed by atoms with Gasteiger partial charge in [-0.05, 0) is 54.3 Å². The number of nitrogens with zero attached hydrogens (tertiary/aromatic N) is 7. The van der Waals surface area contributed by atoms with Gasteiger partial charge in [0.15, 0.2) is 0 Å². The predicted octanol–water partition coefficient (Wildman–Crippen LogP) is 5.25. The number of aliphatic imine (C=N–C) groups is 1. The van der Waals surface area contributed by atoms with Crippen molar-refractivity contribution in [1.29, 1.82) is 0 Å². The van der Waals surface area contributed by atoms with Gasteiger partial charge in [0.05, 0.1) is 0 Å². The molecular weight excluding hydrogens is 436 g/mol. The Bertz CT molecular complexity index is 1310. The molecule has 1 aliphatic heterocycles. The number of unbranched alkanes of at least 4 members (excludes halogenated alkanes) is 1. The van der Waals surface area contributed by atoms with Gasteiger partial charge in [0.2, 0.25) is 5.82 Å². The third kappa shape index (κ3) is 5.01. The largest absolute Gasteiger partial charge is 0.310 e. The zero-order valence-electron chi connectivity index (χ0n) is 20.0. The maximum atomic E-state index is 5.04. The smallest absolute Gasteiger partial charge is 0.205 e. The van der Waals surface area contributed by atoms with E-state index in [0.717, 1.165) is 47.5 Å². The van der Waals surface area contributed by atoms with E-state index in [-0.39, 0.29) is 6.17 Å². The number of aromatic nitrogens is 6. The molecule has 0 aliphatic carbocycles. The molecule has 3 aromatic heterocycles. The first-order valence-corrected chi connectivity index (χ1v) is 12.0. The predicted molar refractivity (Wildman–Crippen MR) is 138 cm³/mol. The van der Waals surface area contributed by atoms with Crippen LogP contribution in [-0.2, 0) is 6.42 Å². The molecule has 0 bridgehead atoms. The third-order valence-corrected chi connectivity index (χ3v) is 6.11. The van der Waals surface area contributed by atoms with Crippen molar-refractivity contribution in [1.82, 2.24) is 30.6 Å². The Hall–Kier alpha value is -4.20. The highest BCUT2D eigenvalue weighted by atomic mass is 15.5. The number of allylic oxidation sites excluding steroid dienone is 1. The minimum atomic E-state index is 0.0116. The van der Waals surface area contributed by atoms with Gasteiger partial charge in [0.25, 0.3) is 0 Å². The first-order chi connectivity index (χ1) is 17.2. The molecule has 0 fully saturated rings. The van der Waals surface area contributed by atoms with Gasteiger partial charge in [0, 0.05) is 47.5 Å².